The Bertz CT molecular complexity index is 4690. The van der Waals surface area contributed by atoms with Crippen molar-refractivity contribution >= 4 is 110 Å². The van der Waals surface area contributed by atoms with Crippen LogP contribution in [0.5, 0.6) is 0 Å². The molecule has 0 atom stereocenters. The van der Waals surface area contributed by atoms with Gasteiger partial charge in [-0.1, -0.05) is 227 Å². The standard InChI is InChI=1S/C80H70N4/c1-49(2)57-33-23-35-59(51-25-15-11-16-26-51)75(57)81(55-29-19-13-20-30-55)69-43-39-61-63-47-72-64(48-71(63)83-67-41-37-53(79(5,6)7)45-65(67)73(69)77(61)83)62-40-44-70(74-66-46-54(80(8,9)10)38-42-68(66)84(72)78(62)74)82(56-31-21-14-22-32-56)76-58(50(3)4)34-24-36-60(76)52-27-17-12-18-28-52/h11-50H,1-10H3. The molecule has 0 saturated carbocycles. The molecule has 84 heavy (non-hydrogen) atoms. The van der Waals surface area contributed by atoms with Crippen LogP contribution in [-0.4, -0.2) is 8.80 Å². The lowest BCUT2D eigenvalue weighted by molar-refractivity contribution is 0.591. The second-order valence-corrected chi connectivity index (χ2v) is 26.1. The molecule has 4 nitrogen and oxygen atoms in total. The van der Waals surface area contributed by atoms with E-state index in [0.717, 1.165) is 11.4 Å². The third-order valence-electron chi connectivity index (χ3n) is 18.2. The van der Waals surface area contributed by atoms with Crippen LogP contribution in [0.15, 0.2) is 231 Å². The van der Waals surface area contributed by atoms with Crippen LogP contribution in [0.25, 0.3) is 98.4 Å². The summed E-state index contributed by atoms with van der Waals surface area (Å²) >= 11 is 0. The van der Waals surface area contributed by atoms with Crippen molar-refractivity contribution in [3.63, 3.8) is 0 Å². The third kappa shape index (κ3) is 7.79. The Labute approximate surface area is 493 Å². The Morgan fingerprint density at radius 3 is 1.05 bits per heavy atom. The van der Waals surface area contributed by atoms with Crippen LogP contribution in [0.3, 0.4) is 0 Å². The van der Waals surface area contributed by atoms with Crippen molar-refractivity contribution in [3.05, 3.63) is 253 Å². The summed E-state index contributed by atoms with van der Waals surface area (Å²) in [5, 5.41) is 10.1. The molecule has 0 N–H and O–H groups in total. The van der Waals surface area contributed by atoms with Crippen LogP contribution in [0, 0.1) is 0 Å². The highest BCUT2D eigenvalue weighted by atomic mass is 15.2. The molecule has 0 amide bonds. The van der Waals surface area contributed by atoms with E-state index in [0.29, 0.717) is 0 Å². The number of anilines is 6. The number of benzene rings is 11. The number of hydrogen-bond donors (Lipinski definition) is 0. The molecule has 0 saturated heterocycles. The summed E-state index contributed by atoms with van der Waals surface area (Å²) < 4.78 is 5.22. The first-order chi connectivity index (χ1) is 40.7. The Hall–Kier alpha value is -9.38. The van der Waals surface area contributed by atoms with Gasteiger partial charge in [0.2, 0.25) is 0 Å². The molecule has 0 aliphatic carbocycles. The zero-order valence-electron chi connectivity index (χ0n) is 49.9. The van der Waals surface area contributed by atoms with E-state index >= 15 is 0 Å². The average Bonchev–Trinajstić information content (AvgIpc) is 2.82. The zero-order valence-corrected chi connectivity index (χ0v) is 49.9. The Kier molecular flexibility index (Phi) is 11.7. The largest absolute Gasteiger partial charge is 0.309 e. The van der Waals surface area contributed by atoms with Crippen molar-refractivity contribution in [1.29, 1.82) is 0 Å². The zero-order chi connectivity index (χ0) is 57.5. The Morgan fingerprint density at radius 2 is 0.690 bits per heavy atom. The van der Waals surface area contributed by atoms with Gasteiger partial charge in [0.05, 0.1) is 55.8 Å². The molecule has 15 rings (SSSR count). The van der Waals surface area contributed by atoms with Gasteiger partial charge in [0.15, 0.2) is 0 Å². The molecule has 0 aliphatic heterocycles. The van der Waals surface area contributed by atoms with Crippen molar-refractivity contribution < 1.29 is 0 Å². The first-order valence-corrected chi connectivity index (χ1v) is 30.2. The predicted molar refractivity (Wildman–Crippen MR) is 362 cm³/mol. The number of fused-ring (bicyclic) bond motifs is 12. The molecule has 0 fully saturated rings. The van der Waals surface area contributed by atoms with Crippen molar-refractivity contribution in [2.75, 3.05) is 9.80 Å². The topological polar surface area (TPSA) is 15.3 Å². The van der Waals surface area contributed by atoms with E-state index < -0.39 is 0 Å². The predicted octanol–water partition coefficient (Wildman–Crippen LogP) is 23.1. The molecule has 15 aromatic rings. The van der Waals surface area contributed by atoms with Crippen molar-refractivity contribution in [1.82, 2.24) is 8.80 Å². The Morgan fingerprint density at radius 1 is 0.321 bits per heavy atom. The number of nitrogens with zero attached hydrogens (tertiary/aromatic N) is 4. The number of hydrogen-bond acceptors (Lipinski definition) is 2. The van der Waals surface area contributed by atoms with Crippen molar-refractivity contribution in [2.45, 2.75) is 91.9 Å². The van der Waals surface area contributed by atoms with Gasteiger partial charge in [0.25, 0.3) is 0 Å². The van der Waals surface area contributed by atoms with Crippen molar-refractivity contribution in [2.24, 2.45) is 0 Å². The highest BCUT2D eigenvalue weighted by molar-refractivity contribution is 6.32. The SMILES string of the molecule is CC(C)c1cccc(-c2ccccc2)c1N(c1ccccc1)c1ccc2c3cc4c(cc3n3c5ccc(C(C)(C)C)cc5c1c23)c1ccc(N(c2ccccc2)c2c(-c3ccccc3)cccc2C(C)C)c2c3cc(C(C)(C)C)ccc3n4c12. The van der Waals surface area contributed by atoms with Gasteiger partial charge in [-0.05, 0) is 129 Å². The second kappa shape index (κ2) is 19.1. The maximum absolute atomic E-state index is 2.61. The molecule has 0 unspecified atom stereocenters. The summed E-state index contributed by atoms with van der Waals surface area (Å²) in [6.45, 7) is 23.4. The van der Waals surface area contributed by atoms with E-state index in [1.807, 2.05) is 0 Å². The fourth-order valence-electron chi connectivity index (χ4n) is 14.1. The molecule has 410 valence electrons. The molecule has 4 aromatic heterocycles. The van der Waals surface area contributed by atoms with Gasteiger partial charge in [0, 0.05) is 65.6 Å². The van der Waals surface area contributed by atoms with Crippen molar-refractivity contribution in [3.8, 4) is 22.3 Å². The molecule has 11 aromatic carbocycles. The van der Waals surface area contributed by atoms with Gasteiger partial charge in [-0.3, -0.25) is 0 Å². The van der Waals surface area contributed by atoms with E-state index in [9.17, 15) is 0 Å². The van der Waals surface area contributed by atoms with Gasteiger partial charge in [-0.25, -0.2) is 0 Å². The molecule has 0 bridgehead atoms. The van der Waals surface area contributed by atoms with Crippen LogP contribution in [-0.2, 0) is 10.8 Å². The summed E-state index contributed by atoms with van der Waals surface area (Å²) in [6, 6.07) is 87.2. The van der Waals surface area contributed by atoms with E-state index in [1.54, 1.807) is 0 Å². The minimum Gasteiger partial charge on any atom is -0.309 e. The van der Waals surface area contributed by atoms with Crippen LogP contribution < -0.4 is 9.80 Å². The van der Waals surface area contributed by atoms with Crippen LogP contribution in [0.2, 0.25) is 0 Å². The first-order valence-electron chi connectivity index (χ1n) is 30.2. The Balaban J connectivity index is 1.07. The van der Waals surface area contributed by atoms with Gasteiger partial charge >= 0.3 is 0 Å². The summed E-state index contributed by atoms with van der Waals surface area (Å²) in [5.41, 5.74) is 24.3. The lowest BCUT2D eigenvalue weighted by Crippen LogP contribution is -2.14. The molecule has 0 radical (unpaired) electrons. The maximum Gasteiger partial charge on any atom is 0.0641 e. The van der Waals surface area contributed by atoms with Gasteiger partial charge in [-0.2, -0.15) is 0 Å². The smallest absolute Gasteiger partial charge is 0.0641 e. The van der Waals surface area contributed by atoms with Gasteiger partial charge < -0.3 is 18.6 Å². The summed E-state index contributed by atoms with van der Waals surface area (Å²) in [7, 11) is 0. The molecule has 0 aliphatic rings. The normalized spacial score (nSPS) is 12.6. The number of para-hydroxylation sites is 4. The lowest BCUT2D eigenvalue weighted by atomic mass is 9.86. The average molecular weight is 1090 g/mol. The van der Waals surface area contributed by atoms with Crippen LogP contribution in [0.1, 0.15) is 103 Å². The monoisotopic (exact) mass is 1090 g/mol. The minimum absolute atomic E-state index is 0.0649. The van der Waals surface area contributed by atoms with Gasteiger partial charge in [0.1, 0.15) is 0 Å². The van der Waals surface area contributed by atoms with E-state index in [1.165, 1.54) is 143 Å². The summed E-state index contributed by atoms with van der Waals surface area (Å²) in [5.74, 6) is 0.528. The fraction of sp³-hybridized carbons (Fsp3) is 0.175. The first kappa shape index (κ1) is 51.5. The third-order valence-corrected chi connectivity index (χ3v) is 18.2. The second-order valence-electron chi connectivity index (χ2n) is 26.1. The van der Waals surface area contributed by atoms with Crippen LogP contribution >= 0.6 is 0 Å². The fourth-order valence-corrected chi connectivity index (χ4v) is 14.1. The highest BCUT2D eigenvalue weighted by Gasteiger charge is 2.32. The highest BCUT2D eigenvalue weighted by Crippen LogP contribution is 2.55. The van der Waals surface area contributed by atoms with E-state index in [2.05, 4.69) is 318 Å². The number of aromatic nitrogens is 2. The lowest BCUT2D eigenvalue weighted by Gasteiger charge is -2.32. The summed E-state index contributed by atoms with van der Waals surface area (Å²) in [4.78, 5) is 5.16. The van der Waals surface area contributed by atoms with Crippen LogP contribution in [0.4, 0.5) is 34.1 Å². The molecule has 4 heterocycles. The maximum atomic E-state index is 2.61. The van der Waals surface area contributed by atoms with E-state index in [-0.39, 0.29) is 22.7 Å². The molecule has 4 heteroatoms. The molecular weight excluding hydrogens is 1020 g/mol. The van der Waals surface area contributed by atoms with Gasteiger partial charge in [-0.15, -0.1) is 0 Å². The summed E-state index contributed by atoms with van der Waals surface area (Å²) in [6.07, 6.45) is 0. The quantitative estimate of drug-likeness (QED) is 0.136. The van der Waals surface area contributed by atoms with E-state index in [4.69, 9.17) is 0 Å². The molecular formula is C80H70N4. The minimum atomic E-state index is -0.0649. The number of rotatable bonds is 10. The molecule has 0 spiro atoms.